The summed E-state index contributed by atoms with van der Waals surface area (Å²) in [6.45, 7) is 2.08. The van der Waals surface area contributed by atoms with Gasteiger partial charge in [0.05, 0.1) is 19.9 Å². The molecular formula is C21H22INO4. The van der Waals surface area contributed by atoms with Crippen LogP contribution in [0.1, 0.15) is 28.7 Å². The van der Waals surface area contributed by atoms with E-state index in [-0.39, 0.29) is 0 Å². The Balaban J connectivity index is 0.000000223. The standard InChI is InChI=1S/C13H14INO2.C8H8O2/c1-3-12-11(8-14)15-13(17-12)9-5-4-6-10(7-9)16-2;1-10-8-4-2-3-7(5-8)6-9/h4-7H,3,8H2,1-2H3;2-6H,1H3. The molecule has 27 heavy (non-hydrogen) atoms. The molecular weight excluding hydrogens is 457 g/mol. The molecule has 6 heteroatoms. The van der Waals surface area contributed by atoms with Crippen molar-refractivity contribution >= 4 is 28.9 Å². The van der Waals surface area contributed by atoms with E-state index in [1.165, 1.54) is 0 Å². The van der Waals surface area contributed by atoms with Gasteiger partial charge in [-0.2, -0.15) is 0 Å². The highest BCUT2D eigenvalue weighted by molar-refractivity contribution is 14.1. The Morgan fingerprint density at radius 1 is 1.07 bits per heavy atom. The molecule has 0 aliphatic rings. The van der Waals surface area contributed by atoms with E-state index in [4.69, 9.17) is 13.9 Å². The van der Waals surface area contributed by atoms with E-state index >= 15 is 0 Å². The molecule has 3 aromatic rings. The van der Waals surface area contributed by atoms with Crippen LogP contribution in [0.3, 0.4) is 0 Å². The number of halogens is 1. The molecule has 5 nitrogen and oxygen atoms in total. The highest BCUT2D eigenvalue weighted by atomic mass is 127. The molecule has 0 amide bonds. The number of carbonyl (C=O) groups excluding carboxylic acids is 1. The van der Waals surface area contributed by atoms with Crippen molar-refractivity contribution in [3.63, 3.8) is 0 Å². The van der Waals surface area contributed by atoms with E-state index in [1.54, 1.807) is 38.5 Å². The minimum Gasteiger partial charge on any atom is -0.497 e. The summed E-state index contributed by atoms with van der Waals surface area (Å²) in [5, 5.41) is 0. The lowest BCUT2D eigenvalue weighted by Crippen LogP contribution is -1.85. The lowest BCUT2D eigenvalue weighted by molar-refractivity contribution is 0.112. The number of nitrogens with zero attached hydrogens (tertiary/aromatic N) is 1. The number of oxazole rings is 1. The van der Waals surface area contributed by atoms with E-state index in [0.29, 0.717) is 17.2 Å². The van der Waals surface area contributed by atoms with Crippen molar-refractivity contribution in [3.05, 3.63) is 65.5 Å². The molecule has 0 unspecified atom stereocenters. The zero-order valence-corrected chi connectivity index (χ0v) is 17.7. The van der Waals surface area contributed by atoms with Crippen molar-refractivity contribution in [1.82, 2.24) is 4.98 Å². The third-order valence-electron chi connectivity index (χ3n) is 3.77. The van der Waals surface area contributed by atoms with E-state index in [2.05, 4.69) is 34.5 Å². The van der Waals surface area contributed by atoms with Gasteiger partial charge in [-0.05, 0) is 30.3 Å². The fraction of sp³-hybridized carbons (Fsp3) is 0.238. The average Bonchev–Trinajstić information content (AvgIpc) is 3.18. The Labute approximate surface area is 172 Å². The van der Waals surface area contributed by atoms with Crippen LogP contribution in [0, 0.1) is 0 Å². The predicted octanol–water partition coefficient (Wildman–Crippen LogP) is 5.36. The number of benzene rings is 2. The second-order valence-corrected chi connectivity index (χ2v) is 6.27. The zero-order valence-electron chi connectivity index (χ0n) is 15.6. The summed E-state index contributed by atoms with van der Waals surface area (Å²) in [6.07, 6.45) is 1.66. The minimum atomic E-state index is 0.638. The Kier molecular flexibility index (Phi) is 8.32. The first-order valence-corrected chi connectivity index (χ1v) is 9.95. The maximum atomic E-state index is 10.2. The highest BCUT2D eigenvalue weighted by Crippen LogP contribution is 2.26. The number of rotatable bonds is 6. The Bertz CT molecular complexity index is 855. The van der Waals surface area contributed by atoms with Crippen LogP contribution < -0.4 is 9.47 Å². The topological polar surface area (TPSA) is 61.6 Å². The molecule has 2 aromatic carbocycles. The maximum Gasteiger partial charge on any atom is 0.226 e. The van der Waals surface area contributed by atoms with E-state index in [1.807, 2.05) is 24.3 Å². The van der Waals surface area contributed by atoms with Crippen molar-refractivity contribution in [2.24, 2.45) is 0 Å². The van der Waals surface area contributed by atoms with Gasteiger partial charge in [-0.15, -0.1) is 0 Å². The molecule has 0 bridgehead atoms. The second-order valence-electron chi connectivity index (χ2n) is 5.50. The first kappa shape index (κ1) is 21.0. The predicted molar refractivity (Wildman–Crippen MR) is 114 cm³/mol. The van der Waals surface area contributed by atoms with Gasteiger partial charge < -0.3 is 13.9 Å². The molecule has 0 spiro atoms. The van der Waals surface area contributed by atoms with Crippen molar-refractivity contribution in [1.29, 1.82) is 0 Å². The van der Waals surface area contributed by atoms with Gasteiger partial charge in [0.2, 0.25) is 5.89 Å². The van der Waals surface area contributed by atoms with Gasteiger partial charge in [-0.1, -0.05) is 47.7 Å². The lowest BCUT2D eigenvalue weighted by atomic mass is 10.2. The summed E-state index contributed by atoms with van der Waals surface area (Å²) in [7, 11) is 3.23. The Morgan fingerprint density at radius 2 is 1.74 bits per heavy atom. The SMILES string of the molecule is CCc1oc(-c2cccc(OC)c2)nc1CI.COc1cccc(C=O)c1. The van der Waals surface area contributed by atoms with Crippen molar-refractivity contribution in [2.45, 2.75) is 17.8 Å². The molecule has 0 saturated heterocycles. The smallest absolute Gasteiger partial charge is 0.226 e. The van der Waals surface area contributed by atoms with E-state index < -0.39 is 0 Å². The van der Waals surface area contributed by atoms with Crippen LogP contribution in [0.2, 0.25) is 0 Å². The van der Waals surface area contributed by atoms with Gasteiger partial charge in [0.1, 0.15) is 23.5 Å². The number of ether oxygens (including phenoxy) is 2. The minimum absolute atomic E-state index is 0.638. The van der Waals surface area contributed by atoms with Crippen LogP contribution >= 0.6 is 22.6 Å². The monoisotopic (exact) mass is 479 g/mol. The number of methoxy groups -OCH3 is 2. The maximum absolute atomic E-state index is 10.2. The Hall–Kier alpha value is -2.35. The molecule has 1 heterocycles. The number of aryl methyl sites for hydroxylation is 1. The van der Waals surface area contributed by atoms with Crippen LogP contribution in [-0.2, 0) is 10.8 Å². The van der Waals surface area contributed by atoms with Gasteiger partial charge in [0.15, 0.2) is 0 Å². The van der Waals surface area contributed by atoms with E-state index in [9.17, 15) is 4.79 Å². The zero-order chi connectivity index (χ0) is 19.6. The number of aromatic nitrogens is 1. The number of hydrogen-bond donors (Lipinski definition) is 0. The van der Waals surface area contributed by atoms with Crippen molar-refractivity contribution < 1.29 is 18.7 Å². The first-order valence-electron chi connectivity index (χ1n) is 8.43. The number of aldehydes is 1. The fourth-order valence-electron chi connectivity index (χ4n) is 2.36. The first-order chi connectivity index (χ1) is 13.1. The Morgan fingerprint density at radius 3 is 2.30 bits per heavy atom. The summed E-state index contributed by atoms with van der Waals surface area (Å²) in [5.74, 6) is 3.17. The van der Waals surface area contributed by atoms with Crippen LogP contribution in [-0.4, -0.2) is 25.5 Å². The molecule has 142 valence electrons. The summed E-state index contributed by atoms with van der Waals surface area (Å²) >= 11 is 2.30. The van der Waals surface area contributed by atoms with Crippen LogP contribution in [0.25, 0.3) is 11.5 Å². The fourth-order valence-corrected chi connectivity index (χ4v) is 2.95. The number of hydrogen-bond acceptors (Lipinski definition) is 5. The largest absolute Gasteiger partial charge is 0.497 e. The molecule has 1 aromatic heterocycles. The van der Waals surface area contributed by atoms with Crippen LogP contribution in [0.15, 0.2) is 52.9 Å². The van der Waals surface area contributed by atoms with Gasteiger partial charge >= 0.3 is 0 Å². The molecule has 0 fully saturated rings. The van der Waals surface area contributed by atoms with Crippen LogP contribution in [0.5, 0.6) is 11.5 Å². The normalized spacial score (nSPS) is 9.93. The summed E-state index contributed by atoms with van der Waals surface area (Å²) < 4.78 is 16.7. The van der Waals surface area contributed by atoms with Crippen molar-refractivity contribution in [3.8, 4) is 23.0 Å². The molecule has 0 radical (unpaired) electrons. The van der Waals surface area contributed by atoms with E-state index in [0.717, 1.165) is 39.9 Å². The molecule has 0 saturated carbocycles. The molecule has 0 N–H and O–H groups in total. The van der Waals surface area contributed by atoms with Gasteiger partial charge in [0.25, 0.3) is 0 Å². The highest BCUT2D eigenvalue weighted by Gasteiger charge is 2.12. The molecule has 3 rings (SSSR count). The quantitative estimate of drug-likeness (QED) is 0.271. The molecule has 0 aliphatic carbocycles. The summed E-state index contributed by atoms with van der Waals surface area (Å²) in [4.78, 5) is 14.7. The van der Waals surface area contributed by atoms with Gasteiger partial charge in [0, 0.05) is 22.0 Å². The number of alkyl halides is 1. The van der Waals surface area contributed by atoms with Gasteiger partial charge in [-0.25, -0.2) is 4.98 Å². The third-order valence-corrected chi connectivity index (χ3v) is 4.50. The second kappa shape index (κ2) is 10.7. The third kappa shape index (κ3) is 5.82. The van der Waals surface area contributed by atoms with Gasteiger partial charge in [-0.3, -0.25) is 4.79 Å². The average molecular weight is 479 g/mol. The molecule has 0 aliphatic heterocycles. The number of carbonyl (C=O) groups is 1. The van der Waals surface area contributed by atoms with Crippen LogP contribution in [0.4, 0.5) is 0 Å². The summed E-state index contributed by atoms with van der Waals surface area (Å²) in [6, 6.07) is 14.8. The molecule has 0 atom stereocenters. The lowest BCUT2D eigenvalue weighted by Gasteiger charge is -2.00. The summed E-state index contributed by atoms with van der Waals surface area (Å²) in [5.41, 5.74) is 2.63. The van der Waals surface area contributed by atoms with Crippen molar-refractivity contribution in [2.75, 3.05) is 14.2 Å².